The second kappa shape index (κ2) is 8.53. The highest BCUT2D eigenvalue weighted by atomic mass is 16.2. The number of guanidine groups is 1. The summed E-state index contributed by atoms with van der Waals surface area (Å²) in [6, 6.07) is 0. The summed E-state index contributed by atoms with van der Waals surface area (Å²) >= 11 is 0. The molecular weight excluding hydrogens is 326 g/mol. The van der Waals surface area contributed by atoms with Crippen LogP contribution < -0.4 is 5.73 Å². The zero-order chi connectivity index (χ0) is 18.6. The molecule has 0 bridgehead atoms. The van der Waals surface area contributed by atoms with E-state index in [2.05, 4.69) is 4.99 Å². The number of Topliss-reactive ketones (excluding diaryl/α,β-unsaturated/α-hetero) is 1. The van der Waals surface area contributed by atoms with Gasteiger partial charge >= 0.3 is 0 Å². The fraction of sp³-hybridized carbons (Fsp3) is 0.857. The highest BCUT2D eigenvalue weighted by Gasteiger charge is 2.47. The highest BCUT2D eigenvalue weighted by Crippen LogP contribution is 2.38. The van der Waals surface area contributed by atoms with E-state index in [1.165, 1.54) is 69.1 Å². The predicted molar refractivity (Wildman–Crippen MR) is 104 cm³/mol. The molecule has 0 spiro atoms. The average Bonchev–Trinajstić information content (AvgIpc) is 2.86. The largest absolute Gasteiger partial charge is 0.369 e. The molecule has 2 saturated carbocycles. The maximum absolute atomic E-state index is 12.9. The Balaban J connectivity index is 1.62. The Hall–Kier alpha value is -1.39. The van der Waals surface area contributed by atoms with E-state index in [0.29, 0.717) is 42.8 Å². The van der Waals surface area contributed by atoms with Gasteiger partial charge < -0.3 is 5.73 Å². The number of hydrogen-bond acceptors (Lipinski definition) is 4. The topological polar surface area (TPSA) is 75.8 Å². The van der Waals surface area contributed by atoms with Crippen LogP contribution in [0.4, 0.5) is 0 Å². The molecule has 1 unspecified atom stereocenters. The summed E-state index contributed by atoms with van der Waals surface area (Å²) in [7, 11) is 1.70. The maximum atomic E-state index is 12.9. The number of nitrogens with two attached hydrogens (primary N) is 1. The molecule has 3 rings (SSSR count). The molecule has 2 N–H and O–H groups in total. The third kappa shape index (κ3) is 4.47. The highest BCUT2D eigenvalue weighted by molar-refractivity contribution is 6.06. The minimum atomic E-state index is -0.789. The van der Waals surface area contributed by atoms with Crippen molar-refractivity contribution in [2.75, 3.05) is 7.05 Å². The van der Waals surface area contributed by atoms with Crippen LogP contribution in [0, 0.1) is 11.8 Å². The molecule has 5 nitrogen and oxygen atoms in total. The number of nitrogens with zero attached hydrogens (tertiary/aromatic N) is 2. The van der Waals surface area contributed by atoms with Gasteiger partial charge in [-0.25, -0.2) is 4.99 Å². The van der Waals surface area contributed by atoms with Gasteiger partial charge in [0.15, 0.2) is 5.96 Å². The third-order valence-electron chi connectivity index (χ3n) is 6.78. The Morgan fingerprint density at radius 1 is 1.08 bits per heavy atom. The van der Waals surface area contributed by atoms with Crippen LogP contribution in [0.1, 0.15) is 89.9 Å². The van der Waals surface area contributed by atoms with Gasteiger partial charge in [0.2, 0.25) is 0 Å². The third-order valence-corrected chi connectivity index (χ3v) is 6.78. The van der Waals surface area contributed by atoms with E-state index in [1.807, 2.05) is 0 Å². The molecule has 0 radical (unpaired) electrons. The molecule has 0 saturated heterocycles. The van der Waals surface area contributed by atoms with E-state index in [9.17, 15) is 9.59 Å². The molecule has 0 aromatic heterocycles. The number of likely N-dealkylation sites (N-methyl/N-ethyl adjacent to an activating group) is 1. The van der Waals surface area contributed by atoms with E-state index in [-0.39, 0.29) is 5.91 Å². The Morgan fingerprint density at radius 3 is 2.19 bits per heavy atom. The van der Waals surface area contributed by atoms with Crippen LogP contribution in [0.15, 0.2) is 4.99 Å². The van der Waals surface area contributed by atoms with Gasteiger partial charge in [-0.05, 0) is 24.7 Å². The van der Waals surface area contributed by atoms with Crippen LogP contribution in [0.25, 0.3) is 0 Å². The van der Waals surface area contributed by atoms with Crippen LogP contribution in [0.3, 0.4) is 0 Å². The predicted octanol–water partition coefficient (Wildman–Crippen LogP) is 3.80. The summed E-state index contributed by atoms with van der Waals surface area (Å²) in [4.78, 5) is 31.6. The number of aliphatic imine (C=N–C) groups is 1. The summed E-state index contributed by atoms with van der Waals surface area (Å²) in [6.07, 6.45) is 14.7. The van der Waals surface area contributed by atoms with Crippen molar-refractivity contribution in [2.45, 2.75) is 95.4 Å². The van der Waals surface area contributed by atoms with Gasteiger partial charge in [0.05, 0.1) is 0 Å². The minimum Gasteiger partial charge on any atom is -0.369 e. The first-order chi connectivity index (χ1) is 12.5. The van der Waals surface area contributed by atoms with Crippen molar-refractivity contribution < 1.29 is 9.59 Å². The van der Waals surface area contributed by atoms with Gasteiger partial charge in [0.25, 0.3) is 5.91 Å². The molecule has 0 aromatic carbocycles. The van der Waals surface area contributed by atoms with Crippen LogP contribution >= 0.6 is 0 Å². The first kappa shape index (κ1) is 19.4. The van der Waals surface area contributed by atoms with Crippen LogP contribution in [-0.2, 0) is 9.59 Å². The Labute approximate surface area is 157 Å². The molecule has 1 heterocycles. The second-order valence-electron chi connectivity index (χ2n) is 8.82. The van der Waals surface area contributed by atoms with E-state index in [0.717, 1.165) is 6.42 Å². The summed E-state index contributed by atoms with van der Waals surface area (Å²) < 4.78 is 0. The monoisotopic (exact) mass is 361 g/mol. The molecule has 3 aliphatic rings. The van der Waals surface area contributed by atoms with Gasteiger partial charge in [-0.1, -0.05) is 64.2 Å². The van der Waals surface area contributed by atoms with Gasteiger partial charge in [0.1, 0.15) is 11.3 Å². The van der Waals surface area contributed by atoms with Crippen molar-refractivity contribution in [1.29, 1.82) is 0 Å². The Bertz CT molecular complexity index is 547. The zero-order valence-corrected chi connectivity index (χ0v) is 16.3. The molecule has 2 aliphatic carbocycles. The summed E-state index contributed by atoms with van der Waals surface area (Å²) in [6.45, 7) is 0. The zero-order valence-electron chi connectivity index (χ0n) is 16.3. The molecule has 146 valence electrons. The van der Waals surface area contributed by atoms with E-state index >= 15 is 0 Å². The molecule has 26 heavy (non-hydrogen) atoms. The summed E-state index contributed by atoms with van der Waals surface area (Å²) in [5.74, 6) is 1.69. The van der Waals surface area contributed by atoms with Gasteiger partial charge in [-0.2, -0.15) is 0 Å². The van der Waals surface area contributed by atoms with E-state index in [4.69, 9.17) is 5.73 Å². The number of ketones is 1. The van der Waals surface area contributed by atoms with Gasteiger partial charge in [-0.3, -0.25) is 14.5 Å². The molecule has 1 aliphatic heterocycles. The van der Waals surface area contributed by atoms with Crippen LogP contribution in [0.5, 0.6) is 0 Å². The lowest BCUT2D eigenvalue weighted by atomic mass is 9.76. The van der Waals surface area contributed by atoms with Crippen molar-refractivity contribution in [3.05, 3.63) is 0 Å². The number of amides is 1. The second-order valence-corrected chi connectivity index (χ2v) is 8.82. The minimum absolute atomic E-state index is 0.00830. The standard InChI is InChI=1S/C21H35N3O2/c1-24-19(26)21(23-20(24)22,15-17-10-6-3-7-11-17)13-12-18(25)14-16-8-4-2-5-9-16/h16-17H,2-15H2,1H3,(H2,22,23). The van der Waals surface area contributed by atoms with Gasteiger partial charge in [-0.15, -0.1) is 0 Å². The number of carbonyl (C=O) groups is 2. The van der Waals surface area contributed by atoms with Crippen LogP contribution in [-0.4, -0.2) is 35.1 Å². The average molecular weight is 362 g/mol. The first-order valence-electron chi connectivity index (χ1n) is 10.7. The Morgan fingerprint density at radius 2 is 1.65 bits per heavy atom. The first-order valence-corrected chi connectivity index (χ1v) is 10.7. The quantitative estimate of drug-likeness (QED) is 0.749. The fourth-order valence-electron chi connectivity index (χ4n) is 5.19. The molecule has 2 fully saturated rings. The molecule has 5 heteroatoms. The molecular formula is C21H35N3O2. The smallest absolute Gasteiger partial charge is 0.257 e. The summed E-state index contributed by atoms with van der Waals surface area (Å²) in [5.41, 5.74) is 5.19. The lowest BCUT2D eigenvalue weighted by Crippen LogP contribution is -2.43. The normalized spacial score (nSPS) is 28.4. The van der Waals surface area contributed by atoms with Crippen molar-refractivity contribution >= 4 is 17.6 Å². The maximum Gasteiger partial charge on any atom is 0.257 e. The summed E-state index contributed by atoms with van der Waals surface area (Å²) in [5, 5.41) is 0. The molecule has 1 atom stereocenters. The molecule has 0 aromatic rings. The van der Waals surface area contributed by atoms with Crippen molar-refractivity contribution in [2.24, 2.45) is 22.6 Å². The lowest BCUT2D eigenvalue weighted by molar-refractivity contribution is -0.131. The van der Waals surface area contributed by atoms with Crippen molar-refractivity contribution in [3.8, 4) is 0 Å². The van der Waals surface area contributed by atoms with Crippen molar-refractivity contribution in [3.63, 3.8) is 0 Å². The number of hydrogen-bond donors (Lipinski definition) is 1. The lowest BCUT2D eigenvalue weighted by Gasteiger charge is -2.31. The van der Waals surface area contributed by atoms with E-state index in [1.54, 1.807) is 7.05 Å². The van der Waals surface area contributed by atoms with Crippen LogP contribution in [0.2, 0.25) is 0 Å². The SMILES string of the molecule is CN1C(=O)C(CCC(=O)CC2CCCCC2)(CC2CCCCC2)N=C1N. The number of rotatable bonds is 7. The van der Waals surface area contributed by atoms with E-state index < -0.39 is 5.54 Å². The Kier molecular flexibility index (Phi) is 6.36. The number of carbonyl (C=O) groups excluding carboxylic acids is 2. The molecule has 1 amide bonds. The fourth-order valence-corrected chi connectivity index (χ4v) is 5.19. The van der Waals surface area contributed by atoms with Gasteiger partial charge in [0, 0.05) is 19.9 Å². The van der Waals surface area contributed by atoms with Crippen molar-refractivity contribution in [1.82, 2.24) is 4.90 Å².